The van der Waals surface area contributed by atoms with E-state index in [1.807, 2.05) is 31.3 Å². The molecule has 0 heterocycles. The quantitative estimate of drug-likeness (QED) is 0.783. The number of hydrogen-bond donors (Lipinski definition) is 1. The first-order chi connectivity index (χ1) is 9.31. The van der Waals surface area contributed by atoms with Crippen LogP contribution in [0, 0.1) is 3.57 Å². The molecule has 1 N–H and O–H groups in total. The highest BCUT2D eigenvalue weighted by molar-refractivity contribution is 14.1. The van der Waals surface area contributed by atoms with Gasteiger partial charge in [-0.3, -0.25) is 0 Å². The Hall–Kier alpha value is -1.07. The molecule has 0 aromatic heterocycles. The summed E-state index contributed by atoms with van der Waals surface area (Å²) in [5.74, 6) is 0.952. The van der Waals surface area contributed by atoms with Gasteiger partial charge in [-0.2, -0.15) is 0 Å². The third-order valence-corrected chi connectivity index (χ3v) is 3.82. The van der Waals surface area contributed by atoms with Gasteiger partial charge >= 0.3 is 0 Å². The molecule has 0 aliphatic rings. The first-order valence-electron chi connectivity index (χ1n) is 6.42. The van der Waals surface area contributed by atoms with E-state index in [0.29, 0.717) is 0 Å². The zero-order valence-corrected chi connectivity index (χ0v) is 13.1. The minimum absolute atomic E-state index is 0.0876. The molecule has 0 amide bonds. The molecular weight excluding hydrogens is 345 g/mol. The van der Waals surface area contributed by atoms with E-state index in [1.54, 1.807) is 0 Å². The van der Waals surface area contributed by atoms with E-state index < -0.39 is 0 Å². The number of hydrogen-bond acceptors (Lipinski definition) is 2. The van der Waals surface area contributed by atoms with E-state index in [9.17, 15) is 0 Å². The fourth-order valence-corrected chi connectivity index (χ4v) is 2.44. The Kier molecular flexibility index (Phi) is 5.66. The Morgan fingerprint density at radius 2 is 1.74 bits per heavy atom. The average molecular weight is 363 g/mol. The largest absolute Gasteiger partial charge is 0.485 e. The number of ether oxygens (including phenoxy) is 1. The maximum Gasteiger partial charge on any atom is 0.133 e. The van der Waals surface area contributed by atoms with Gasteiger partial charge in [-0.1, -0.05) is 42.5 Å². The number of benzene rings is 2. The van der Waals surface area contributed by atoms with Gasteiger partial charge in [0.25, 0.3) is 0 Å². The summed E-state index contributed by atoms with van der Waals surface area (Å²) in [7, 11) is 1.97. The van der Waals surface area contributed by atoms with Crippen LogP contribution in [0.5, 0.6) is 5.75 Å². The zero-order chi connectivity index (χ0) is 13.5. The second-order valence-electron chi connectivity index (χ2n) is 4.34. The van der Waals surface area contributed by atoms with Crippen LogP contribution in [-0.4, -0.2) is 13.6 Å². The highest BCUT2D eigenvalue weighted by Gasteiger charge is 2.13. The maximum absolute atomic E-state index is 6.19. The molecule has 1 atom stereocenters. The van der Waals surface area contributed by atoms with Crippen molar-refractivity contribution in [2.45, 2.75) is 12.5 Å². The third-order valence-electron chi connectivity index (χ3n) is 2.93. The van der Waals surface area contributed by atoms with Crippen molar-refractivity contribution in [3.63, 3.8) is 0 Å². The molecule has 3 heteroatoms. The lowest BCUT2D eigenvalue weighted by Gasteiger charge is -2.20. The average Bonchev–Trinajstić information content (AvgIpc) is 2.46. The molecular formula is C16H18INO. The SMILES string of the molecule is CNCC[C@@H](Oc1ccccc1[123I])c1ccccc1. The zero-order valence-electron chi connectivity index (χ0n) is 11.0. The minimum Gasteiger partial charge on any atom is -0.485 e. The van der Waals surface area contributed by atoms with E-state index in [0.717, 1.165) is 22.3 Å². The first kappa shape index (κ1) is 14.3. The summed E-state index contributed by atoms with van der Waals surface area (Å²) < 4.78 is 7.33. The van der Waals surface area contributed by atoms with E-state index in [4.69, 9.17) is 4.74 Å². The summed E-state index contributed by atoms with van der Waals surface area (Å²) in [6.45, 7) is 0.934. The fraction of sp³-hybridized carbons (Fsp3) is 0.250. The Morgan fingerprint density at radius 3 is 2.42 bits per heavy atom. The van der Waals surface area contributed by atoms with Crippen molar-refractivity contribution in [1.29, 1.82) is 0 Å². The lowest BCUT2D eigenvalue weighted by atomic mass is 10.1. The van der Waals surface area contributed by atoms with Gasteiger partial charge in [0.05, 0.1) is 3.57 Å². The van der Waals surface area contributed by atoms with Crippen molar-refractivity contribution in [1.82, 2.24) is 5.32 Å². The number of para-hydroxylation sites is 1. The highest BCUT2D eigenvalue weighted by atomic mass is 123. The smallest absolute Gasteiger partial charge is 0.133 e. The number of halogens is 1. The van der Waals surface area contributed by atoms with Crippen LogP contribution in [-0.2, 0) is 0 Å². The molecule has 19 heavy (non-hydrogen) atoms. The van der Waals surface area contributed by atoms with Gasteiger partial charge in [0.1, 0.15) is 11.9 Å². The monoisotopic (exact) mass is 363 g/mol. The molecule has 2 rings (SSSR count). The Bertz CT molecular complexity index is 501. The summed E-state index contributed by atoms with van der Waals surface area (Å²) in [6.07, 6.45) is 1.04. The van der Waals surface area contributed by atoms with Gasteiger partial charge in [-0.15, -0.1) is 0 Å². The van der Waals surface area contributed by atoms with Crippen LogP contribution in [0.15, 0.2) is 54.6 Å². The summed E-state index contributed by atoms with van der Waals surface area (Å²) in [5.41, 5.74) is 1.22. The summed E-state index contributed by atoms with van der Waals surface area (Å²) >= 11 is 2.31. The second kappa shape index (κ2) is 7.50. The van der Waals surface area contributed by atoms with Crippen LogP contribution in [0.25, 0.3) is 0 Å². The Labute approximate surface area is 128 Å². The van der Waals surface area contributed by atoms with Crippen molar-refractivity contribution in [3.8, 4) is 5.75 Å². The standard InChI is InChI=1S/C16H18INO/c1-18-12-11-15(13-7-3-2-4-8-13)19-16-10-6-5-9-14(16)17/h2-10,15,18H,11-12H2,1H3/t15-/m1/s1/i17-4. The van der Waals surface area contributed by atoms with E-state index in [-0.39, 0.29) is 6.10 Å². The molecule has 0 spiro atoms. The predicted molar refractivity (Wildman–Crippen MR) is 87.5 cm³/mol. The Balaban J connectivity index is 2.17. The lowest BCUT2D eigenvalue weighted by molar-refractivity contribution is 0.193. The maximum atomic E-state index is 6.19. The molecule has 0 radical (unpaired) electrons. The molecule has 0 aliphatic carbocycles. The van der Waals surface area contributed by atoms with Crippen LogP contribution in [0.4, 0.5) is 0 Å². The van der Waals surface area contributed by atoms with E-state index in [2.05, 4.69) is 58.2 Å². The van der Waals surface area contributed by atoms with Gasteiger partial charge in [-0.25, -0.2) is 0 Å². The highest BCUT2D eigenvalue weighted by Crippen LogP contribution is 2.28. The molecule has 2 aromatic rings. The van der Waals surface area contributed by atoms with Gasteiger partial charge in [-0.05, 0) is 53.9 Å². The van der Waals surface area contributed by atoms with Crippen molar-refractivity contribution in [2.75, 3.05) is 13.6 Å². The number of rotatable bonds is 6. The van der Waals surface area contributed by atoms with Crippen molar-refractivity contribution in [2.24, 2.45) is 0 Å². The molecule has 0 bridgehead atoms. The van der Waals surface area contributed by atoms with Crippen LogP contribution in [0.3, 0.4) is 0 Å². The van der Waals surface area contributed by atoms with Crippen molar-refractivity contribution in [3.05, 3.63) is 63.7 Å². The molecule has 2 nitrogen and oxygen atoms in total. The first-order valence-corrected chi connectivity index (χ1v) is 7.50. The van der Waals surface area contributed by atoms with Crippen molar-refractivity contribution >= 4 is 22.6 Å². The van der Waals surface area contributed by atoms with Gasteiger partial charge in [0.15, 0.2) is 0 Å². The van der Waals surface area contributed by atoms with E-state index >= 15 is 0 Å². The second-order valence-corrected chi connectivity index (χ2v) is 5.50. The van der Waals surface area contributed by atoms with Gasteiger partial charge in [0, 0.05) is 6.42 Å². The van der Waals surface area contributed by atoms with Crippen LogP contribution < -0.4 is 10.1 Å². The molecule has 0 saturated heterocycles. The Morgan fingerprint density at radius 1 is 1.05 bits per heavy atom. The summed E-state index contributed by atoms with van der Waals surface area (Å²) in [5, 5.41) is 3.19. The molecule has 0 fully saturated rings. The topological polar surface area (TPSA) is 21.3 Å². The van der Waals surface area contributed by atoms with Crippen molar-refractivity contribution < 1.29 is 4.74 Å². The lowest BCUT2D eigenvalue weighted by Crippen LogP contribution is -2.16. The molecule has 2 aromatic carbocycles. The predicted octanol–water partition coefficient (Wildman–Crippen LogP) is 4.02. The molecule has 0 aliphatic heterocycles. The molecule has 0 saturated carbocycles. The summed E-state index contributed by atoms with van der Waals surface area (Å²) in [6, 6.07) is 18.5. The number of nitrogens with one attached hydrogen (secondary N) is 1. The van der Waals surface area contributed by atoms with Crippen LogP contribution in [0.1, 0.15) is 18.1 Å². The summed E-state index contributed by atoms with van der Waals surface area (Å²) in [4.78, 5) is 0. The third kappa shape index (κ3) is 4.21. The normalized spacial score (nSPS) is 12.1. The minimum atomic E-state index is 0.0876. The van der Waals surface area contributed by atoms with Gasteiger partial charge in [0.2, 0.25) is 0 Å². The van der Waals surface area contributed by atoms with Crippen LogP contribution >= 0.6 is 22.6 Å². The molecule has 0 unspecified atom stereocenters. The fourth-order valence-electron chi connectivity index (χ4n) is 1.93. The molecule has 100 valence electrons. The van der Waals surface area contributed by atoms with Gasteiger partial charge < -0.3 is 10.1 Å². The van der Waals surface area contributed by atoms with Crippen LogP contribution in [0.2, 0.25) is 0 Å². The van der Waals surface area contributed by atoms with E-state index in [1.165, 1.54) is 5.56 Å².